The van der Waals surface area contributed by atoms with Crippen LogP contribution in [0.15, 0.2) is 6.20 Å². The molecule has 1 rings (SSSR count). The number of aryl methyl sites for hydroxylation is 1. The van der Waals surface area contributed by atoms with Crippen LogP contribution in [0.1, 0.15) is 31.7 Å². The normalized spacial score (nSPS) is 12.1. The summed E-state index contributed by atoms with van der Waals surface area (Å²) in [6.45, 7) is 5.28. The summed E-state index contributed by atoms with van der Waals surface area (Å²) in [5.74, 6) is 0.630. The predicted molar refractivity (Wildman–Crippen MR) is 68.5 cm³/mol. The minimum absolute atomic E-state index is 0.214. The molecule has 0 aliphatic heterocycles. The Morgan fingerprint density at radius 1 is 1.53 bits per heavy atom. The zero-order valence-corrected chi connectivity index (χ0v) is 11.3. The molecular formula is C10H20N4O2S. The van der Waals surface area contributed by atoms with Gasteiger partial charge in [-0.1, -0.05) is 13.8 Å². The fourth-order valence-corrected chi connectivity index (χ4v) is 1.99. The fraction of sp³-hybridized carbons (Fsp3) is 0.700. The van der Waals surface area contributed by atoms with Crippen LogP contribution in [0.4, 0.5) is 5.82 Å². The molecule has 3 N–H and O–H groups in total. The van der Waals surface area contributed by atoms with Crippen molar-refractivity contribution >= 4 is 15.8 Å². The van der Waals surface area contributed by atoms with Gasteiger partial charge in [0, 0.05) is 18.3 Å². The van der Waals surface area contributed by atoms with Gasteiger partial charge in [0.2, 0.25) is 10.0 Å². The lowest BCUT2D eigenvalue weighted by Crippen LogP contribution is -2.12. The molecule has 6 nitrogen and oxygen atoms in total. The van der Waals surface area contributed by atoms with Gasteiger partial charge < -0.3 is 5.73 Å². The second-order valence-corrected chi connectivity index (χ2v) is 6.12. The Bertz CT molecular complexity index is 465. The zero-order valence-electron chi connectivity index (χ0n) is 10.5. The SMILES string of the molecule is CC(C)c1cn(CCCN)nc1NS(C)(=O)=O. The maximum Gasteiger partial charge on any atom is 0.231 e. The first-order valence-corrected chi connectivity index (χ1v) is 7.48. The number of anilines is 1. The van der Waals surface area contributed by atoms with Gasteiger partial charge in [-0.15, -0.1) is 0 Å². The van der Waals surface area contributed by atoms with Crippen LogP contribution in [-0.2, 0) is 16.6 Å². The second-order valence-electron chi connectivity index (χ2n) is 4.37. The Hall–Kier alpha value is -1.08. The van der Waals surface area contributed by atoms with E-state index in [0.29, 0.717) is 18.9 Å². The molecule has 0 aromatic carbocycles. The number of sulfonamides is 1. The molecule has 1 heterocycles. The van der Waals surface area contributed by atoms with Crippen LogP contribution in [0, 0.1) is 0 Å². The molecule has 0 aliphatic carbocycles. The highest BCUT2D eigenvalue weighted by Crippen LogP contribution is 2.23. The van der Waals surface area contributed by atoms with Crippen molar-refractivity contribution < 1.29 is 8.42 Å². The van der Waals surface area contributed by atoms with E-state index >= 15 is 0 Å². The van der Waals surface area contributed by atoms with Gasteiger partial charge >= 0.3 is 0 Å². The number of hydrogen-bond acceptors (Lipinski definition) is 4. The standard InChI is InChI=1S/C10H20N4O2S/c1-8(2)9-7-14(6-4-5-11)12-10(9)13-17(3,15)16/h7-8H,4-6,11H2,1-3H3,(H,12,13). The van der Waals surface area contributed by atoms with Crippen molar-refractivity contribution in [3.05, 3.63) is 11.8 Å². The molecule has 17 heavy (non-hydrogen) atoms. The van der Waals surface area contributed by atoms with Crippen LogP contribution in [0.25, 0.3) is 0 Å². The Labute approximate surface area is 102 Å². The average Bonchev–Trinajstić information content (AvgIpc) is 2.55. The first-order chi connectivity index (χ1) is 7.83. The smallest absolute Gasteiger partial charge is 0.231 e. The van der Waals surface area contributed by atoms with E-state index in [1.54, 1.807) is 4.68 Å². The summed E-state index contributed by atoms with van der Waals surface area (Å²) >= 11 is 0. The van der Waals surface area contributed by atoms with Crippen LogP contribution in [0.3, 0.4) is 0 Å². The van der Waals surface area contributed by atoms with Crippen molar-refractivity contribution in [1.82, 2.24) is 9.78 Å². The summed E-state index contributed by atoms with van der Waals surface area (Å²) in [4.78, 5) is 0. The highest BCUT2D eigenvalue weighted by atomic mass is 32.2. The highest BCUT2D eigenvalue weighted by molar-refractivity contribution is 7.92. The lowest BCUT2D eigenvalue weighted by Gasteiger charge is -2.05. The summed E-state index contributed by atoms with van der Waals surface area (Å²) in [6.07, 6.45) is 3.81. The van der Waals surface area contributed by atoms with Gasteiger partial charge in [0.1, 0.15) is 0 Å². The van der Waals surface area contributed by atoms with E-state index in [-0.39, 0.29) is 5.92 Å². The summed E-state index contributed by atoms with van der Waals surface area (Å²) in [7, 11) is -3.29. The fourth-order valence-electron chi connectivity index (χ4n) is 1.48. The Morgan fingerprint density at radius 2 is 2.18 bits per heavy atom. The zero-order chi connectivity index (χ0) is 13.1. The van der Waals surface area contributed by atoms with Crippen LogP contribution >= 0.6 is 0 Å². The number of aromatic nitrogens is 2. The van der Waals surface area contributed by atoms with Gasteiger partial charge in [0.25, 0.3) is 0 Å². The first-order valence-electron chi connectivity index (χ1n) is 5.58. The molecule has 7 heteroatoms. The van der Waals surface area contributed by atoms with E-state index in [0.717, 1.165) is 18.2 Å². The van der Waals surface area contributed by atoms with Crippen LogP contribution in [0.5, 0.6) is 0 Å². The third-order valence-electron chi connectivity index (χ3n) is 2.29. The van der Waals surface area contributed by atoms with Gasteiger partial charge in [-0.05, 0) is 18.9 Å². The summed E-state index contributed by atoms with van der Waals surface area (Å²) in [5, 5.41) is 4.23. The second kappa shape index (κ2) is 5.50. The molecule has 0 saturated heterocycles. The highest BCUT2D eigenvalue weighted by Gasteiger charge is 2.15. The van der Waals surface area contributed by atoms with Crippen LogP contribution < -0.4 is 10.5 Å². The van der Waals surface area contributed by atoms with Crippen LogP contribution in [0.2, 0.25) is 0 Å². The predicted octanol–water partition coefficient (Wildman–Crippen LogP) is 0.727. The lowest BCUT2D eigenvalue weighted by molar-refractivity contribution is 0.584. The topological polar surface area (TPSA) is 90.0 Å². The van der Waals surface area contributed by atoms with E-state index in [1.807, 2.05) is 20.0 Å². The van der Waals surface area contributed by atoms with Crippen molar-refractivity contribution in [1.29, 1.82) is 0 Å². The van der Waals surface area contributed by atoms with E-state index < -0.39 is 10.0 Å². The number of nitrogens with one attached hydrogen (secondary N) is 1. The van der Waals surface area contributed by atoms with Crippen molar-refractivity contribution in [2.75, 3.05) is 17.5 Å². The summed E-state index contributed by atoms with van der Waals surface area (Å²) in [6, 6.07) is 0. The third-order valence-corrected chi connectivity index (χ3v) is 2.85. The summed E-state index contributed by atoms with van der Waals surface area (Å²) in [5.41, 5.74) is 6.33. The van der Waals surface area contributed by atoms with Gasteiger partial charge in [-0.2, -0.15) is 5.10 Å². The molecule has 0 atom stereocenters. The minimum atomic E-state index is -3.29. The summed E-state index contributed by atoms with van der Waals surface area (Å²) < 4.78 is 26.6. The van der Waals surface area contributed by atoms with E-state index in [2.05, 4.69) is 9.82 Å². The Balaban J connectivity index is 2.97. The molecule has 0 bridgehead atoms. The third kappa shape index (κ3) is 4.35. The monoisotopic (exact) mass is 260 g/mol. The number of rotatable bonds is 6. The van der Waals surface area contributed by atoms with Gasteiger partial charge in [0.05, 0.1) is 6.26 Å². The molecule has 0 spiro atoms. The molecule has 0 saturated carbocycles. The molecular weight excluding hydrogens is 240 g/mol. The van der Waals surface area contributed by atoms with Crippen molar-refractivity contribution in [2.45, 2.75) is 32.7 Å². The molecule has 0 radical (unpaired) electrons. The maximum absolute atomic E-state index is 11.2. The number of nitrogens with two attached hydrogens (primary N) is 1. The van der Waals surface area contributed by atoms with Gasteiger partial charge in [-0.25, -0.2) is 8.42 Å². The van der Waals surface area contributed by atoms with Crippen molar-refractivity contribution in [3.8, 4) is 0 Å². The molecule has 0 amide bonds. The quantitative estimate of drug-likeness (QED) is 0.789. The molecule has 0 fully saturated rings. The van der Waals surface area contributed by atoms with Gasteiger partial charge in [-0.3, -0.25) is 9.40 Å². The van der Waals surface area contributed by atoms with E-state index in [4.69, 9.17) is 5.73 Å². The minimum Gasteiger partial charge on any atom is -0.330 e. The van der Waals surface area contributed by atoms with E-state index in [1.165, 1.54) is 0 Å². The first kappa shape index (κ1) is 14.0. The van der Waals surface area contributed by atoms with Crippen LogP contribution in [-0.4, -0.2) is 31.0 Å². The molecule has 0 unspecified atom stereocenters. The Kier molecular flexibility index (Phi) is 4.53. The number of hydrogen-bond donors (Lipinski definition) is 2. The van der Waals surface area contributed by atoms with E-state index in [9.17, 15) is 8.42 Å². The van der Waals surface area contributed by atoms with Crippen molar-refractivity contribution in [3.63, 3.8) is 0 Å². The Morgan fingerprint density at radius 3 is 2.65 bits per heavy atom. The molecule has 1 aromatic heterocycles. The molecule has 0 aliphatic rings. The lowest BCUT2D eigenvalue weighted by atomic mass is 10.1. The average molecular weight is 260 g/mol. The molecule has 98 valence electrons. The number of nitrogens with zero attached hydrogens (tertiary/aromatic N) is 2. The largest absolute Gasteiger partial charge is 0.330 e. The maximum atomic E-state index is 11.2. The molecule has 1 aromatic rings. The van der Waals surface area contributed by atoms with Gasteiger partial charge in [0.15, 0.2) is 5.82 Å². The van der Waals surface area contributed by atoms with Crippen molar-refractivity contribution in [2.24, 2.45) is 5.73 Å².